The predicted octanol–water partition coefficient (Wildman–Crippen LogP) is 3.14. The summed E-state index contributed by atoms with van der Waals surface area (Å²) in [6.45, 7) is 7.77. The fourth-order valence-corrected chi connectivity index (χ4v) is 4.18. The van der Waals surface area contributed by atoms with Crippen molar-refractivity contribution >= 4 is 40.6 Å². The number of rotatable bonds is 3. The van der Waals surface area contributed by atoms with E-state index in [4.69, 9.17) is 16.3 Å². The van der Waals surface area contributed by atoms with Gasteiger partial charge in [0.15, 0.2) is 0 Å². The van der Waals surface area contributed by atoms with Crippen LogP contribution < -0.4 is 0 Å². The third-order valence-electron chi connectivity index (χ3n) is 4.95. The van der Waals surface area contributed by atoms with Crippen LogP contribution in [0.5, 0.6) is 0 Å². The molecule has 1 aromatic carbocycles. The van der Waals surface area contributed by atoms with Crippen LogP contribution in [0.15, 0.2) is 30.8 Å². The van der Waals surface area contributed by atoms with Gasteiger partial charge in [0.1, 0.15) is 11.9 Å². The summed E-state index contributed by atoms with van der Waals surface area (Å²) in [4.78, 5) is 26.6. The average Bonchev–Trinajstić information content (AvgIpc) is 2.94. The summed E-state index contributed by atoms with van der Waals surface area (Å²) < 4.78 is 6.96. The van der Waals surface area contributed by atoms with Crippen molar-refractivity contribution in [2.45, 2.75) is 31.8 Å². The van der Waals surface area contributed by atoms with Crippen LogP contribution in [-0.4, -0.2) is 40.4 Å². The van der Waals surface area contributed by atoms with Crippen molar-refractivity contribution in [1.82, 2.24) is 9.47 Å². The van der Waals surface area contributed by atoms with Crippen LogP contribution in [-0.2, 0) is 26.3 Å². The minimum atomic E-state index is -0.744. The number of nitrogens with zero attached hydrogens (tertiary/aromatic N) is 2. The molecule has 25 heavy (non-hydrogen) atoms. The monoisotopic (exact) mass is 360 g/mol. The zero-order valence-electron chi connectivity index (χ0n) is 14.6. The van der Waals surface area contributed by atoms with Gasteiger partial charge in [0.05, 0.1) is 23.9 Å². The molecule has 0 bridgehead atoms. The molecule has 0 saturated carbocycles. The molecule has 0 spiro atoms. The Bertz CT molecular complexity index is 869. The molecule has 1 unspecified atom stereocenters. The molecule has 2 aromatic rings. The number of amides is 1. The van der Waals surface area contributed by atoms with Crippen molar-refractivity contribution < 1.29 is 14.3 Å². The number of hydrogen-bond donors (Lipinski definition) is 0. The lowest BCUT2D eigenvalue weighted by Crippen LogP contribution is -2.59. The summed E-state index contributed by atoms with van der Waals surface area (Å²) >= 11 is 5.83. The Morgan fingerprint density at radius 3 is 2.68 bits per heavy atom. The van der Waals surface area contributed by atoms with Gasteiger partial charge in [-0.15, -0.1) is 11.6 Å². The van der Waals surface area contributed by atoms with Crippen LogP contribution in [0.4, 0.5) is 0 Å². The van der Waals surface area contributed by atoms with Crippen molar-refractivity contribution in [2.24, 2.45) is 0 Å². The van der Waals surface area contributed by atoms with E-state index in [1.807, 2.05) is 42.7 Å². The first-order valence-corrected chi connectivity index (χ1v) is 8.62. The summed E-state index contributed by atoms with van der Waals surface area (Å²) in [5.74, 6) is -0.929. The Balaban J connectivity index is 2.34. The number of ether oxygens (including phenoxy) is 1. The predicted molar refractivity (Wildman–Crippen MR) is 98.4 cm³/mol. The molecule has 132 valence electrons. The molecule has 1 aliphatic rings. The van der Waals surface area contributed by atoms with Crippen molar-refractivity contribution in [3.05, 3.63) is 42.1 Å². The number of fused-ring (bicyclic) bond motifs is 3. The van der Waals surface area contributed by atoms with E-state index in [1.165, 1.54) is 7.11 Å². The van der Waals surface area contributed by atoms with Gasteiger partial charge in [0.2, 0.25) is 5.91 Å². The number of hydrogen-bond acceptors (Lipinski definition) is 3. The van der Waals surface area contributed by atoms with Gasteiger partial charge in [-0.2, -0.15) is 0 Å². The summed E-state index contributed by atoms with van der Waals surface area (Å²) in [6.07, 6.45) is 2.13. The van der Waals surface area contributed by atoms with Crippen LogP contribution in [0, 0.1) is 0 Å². The number of carbonyl (C=O) groups is 2. The second kappa shape index (κ2) is 6.23. The Labute approximate surface area is 151 Å². The largest absolute Gasteiger partial charge is 0.467 e. The summed E-state index contributed by atoms with van der Waals surface area (Å²) in [5.41, 5.74) is 2.24. The molecule has 1 aliphatic heterocycles. The van der Waals surface area contributed by atoms with E-state index in [1.54, 1.807) is 11.1 Å². The molecule has 3 rings (SSSR count). The number of carbonyl (C=O) groups excluding carboxylic acids is 2. The maximum atomic E-state index is 12.6. The summed E-state index contributed by atoms with van der Waals surface area (Å²) in [7, 11) is 1.33. The smallest absolute Gasteiger partial charge is 0.328 e. The number of para-hydroxylation sites is 1. The van der Waals surface area contributed by atoms with Gasteiger partial charge in [-0.25, -0.2) is 4.79 Å². The molecular weight excluding hydrogens is 340 g/mol. The summed E-state index contributed by atoms with van der Waals surface area (Å²) in [6, 6.07) is 7.25. The average molecular weight is 361 g/mol. The third-order valence-corrected chi connectivity index (χ3v) is 5.17. The van der Waals surface area contributed by atoms with Gasteiger partial charge in [0.25, 0.3) is 0 Å². The quantitative estimate of drug-likeness (QED) is 0.624. The molecule has 6 heteroatoms. The SMILES string of the molecule is C=Cn1c2c(c3ccccc31)CC(C(=O)OC)N(C(=O)CCl)C2(C)C. The topological polar surface area (TPSA) is 51.5 Å². The number of esters is 1. The summed E-state index contributed by atoms with van der Waals surface area (Å²) in [5, 5.41) is 1.05. The zero-order valence-corrected chi connectivity index (χ0v) is 15.3. The number of methoxy groups -OCH3 is 1. The lowest BCUT2D eigenvalue weighted by Gasteiger charge is -2.46. The van der Waals surface area contributed by atoms with E-state index >= 15 is 0 Å². The van der Waals surface area contributed by atoms with Crippen LogP contribution in [0.3, 0.4) is 0 Å². The zero-order chi connectivity index (χ0) is 18.4. The van der Waals surface area contributed by atoms with Gasteiger partial charge in [-0.05, 0) is 25.5 Å². The fraction of sp³-hybridized carbons (Fsp3) is 0.368. The van der Waals surface area contributed by atoms with E-state index < -0.39 is 17.6 Å². The second-order valence-electron chi connectivity index (χ2n) is 6.60. The second-order valence-corrected chi connectivity index (χ2v) is 6.86. The fourth-order valence-electron chi connectivity index (χ4n) is 4.06. The maximum Gasteiger partial charge on any atom is 0.328 e. The van der Waals surface area contributed by atoms with Gasteiger partial charge in [-0.3, -0.25) is 4.79 Å². The van der Waals surface area contributed by atoms with E-state index in [2.05, 4.69) is 6.58 Å². The molecule has 5 nitrogen and oxygen atoms in total. The molecular formula is C19H21ClN2O3. The Hall–Kier alpha value is -2.27. The molecule has 1 aromatic heterocycles. The lowest BCUT2D eigenvalue weighted by molar-refractivity contribution is -0.158. The van der Waals surface area contributed by atoms with Gasteiger partial charge in [0, 0.05) is 18.0 Å². The van der Waals surface area contributed by atoms with E-state index in [0.717, 1.165) is 22.2 Å². The molecule has 1 amide bonds. The van der Waals surface area contributed by atoms with Crippen LogP contribution in [0.2, 0.25) is 0 Å². The molecule has 1 atom stereocenters. The molecule has 0 N–H and O–H groups in total. The Kier molecular flexibility index (Phi) is 4.37. The normalized spacial score (nSPS) is 18.7. The van der Waals surface area contributed by atoms with Gasteiger partial charge >= 0.3 is 5.97 Å². The van der Waals surface area contributed by atoms with Crippen LogP contribution in [0.1, 0.15) is 25.1 Å². The lowest BCUT2D eigenvalue weighted by atomic mass is 9.83. The van der Waals surface area contributed by atoms with Crippen molar-refractivity contribution in [1.29, 1.82) is 0 Å². The van der Waals surface area contributed by atoms with E-state index in [-0.39, 0.29) is 11.8 Å². The first kappa shape index (κ1) is 17.5. The molecule has 0 fully saturated rings. The van der Waals surface area contributed by atoms with Crippen molar-refractivity contribution in [3.8, 4) is 0 Å². The number of benzene rings is 1. The highest BCUT2D eigenvalue weighted by atomic mass is 35.5. The first-order valence-electron chi connectivity index (χ1n) is 8.09. The van der Waals surface area contributed by atoms with Crippen molar-refractivity contribution in [2.75, 3.05) is 13.0 Å². The molecule has 0 saturated heterocycles. The Morgan fingerprint density at radius 1 is 1.40 bits per heavy atom. The van der Waals surface area contributed by atoms with Gasteiger partial charge < -0.3 is 14.2 Å². The minimum absolute atomic E-state index is 0.194. The van der Waals surface area contributed by atoms with Crippen molar-refractivity contribution in [3.63, 3.8) is 0 Å². The number of halogens is 1. The first-order chi connectivity index (χ1) is 11.9. The maximum absolute atomic E-state index is 12.6. The van der Waals surface area contributed by atoms with E-state index in [0.29, 0.717) is 6.42 Å². The van der Waals surface area contributed by atoms with Crippen LogP contribution >= 0.6 is 11.6 Å². The van der Waals surface area contributed by atoms with Gasteiger partial charge in [-0.1, -0.05) is 24.8 Å². The highest BCUT2D eigenvalue weighted by Crippen LogP contribution is 2.43. The number of aromatic nitrogens is 1. The minimum Gasteiger partial charge on any atom is -0.467 e. The molecule has 0 aliphatic carbocycles. The standard InChI is InChI=1S/C19H21ClN2O3/c1-5-21-14-9-7-6-8-12(14)13-10-15(18(24)25-4)22(16(23)11-20)19(2,3)17(13)21/h5-9,15H,1,10-11H2,2-4H3. The number of alkyl halides is 1. The van der Waals surface area contributed by atoms with Crippen LogP contribution in [0.25, 0.3) is 17.1 Å². The Morgan fingerprint density at radius 2 is 2.08 bits per heavy atom. The third kappa shape index (κ3) is 2.45. The van der Waals surface area contributed by atoms with E-state index in [9.17, 15) is 9.59 Å². The molecule has 2 heterocycles. The molecule has 0 radical (unpaired) electrons. The highest BCUT2D eigenvalue weighted by molar-refractivity contribution is 6.27. The highest BCUT2D eigenvalue weighted by Gasteiger charge is 2.48.